The van der Waals surface area contributed by atoms with Crippen LogP contribution >= 0.6 is 27.7 Å². The number of fused-ring (bicyclic) bond motifs is 1. The van der Waals surface area contributed by atoms with Crippen LogP contribution in [-0.2, 0) is 14.3 Å². The fourth-order valence-electron chi connectivity index (χ4n) is 5.77. The van der Waals surface area contributed by atoms with Gasteiger partial charge in [0, 0.05) is 4.32 Å². The molecule has 0 aliphatic heterocycles. The lowest BCUT2D eigenvalue weighted by atomic mass is 9.49. The molecule has 4 bridgehead atoms. The van der Waals surface area contributed by atoms with E-state index in [4.69, 9.17) is 4.74 Å². The molecule has 1 amide bonds. The summed E-state index contributed by atoms with van der Waals surface area (Å²) < 4.78 is 14.0. The molecule has 4 saturated carbocycles. The van der Waals surface area contributed by atoms with Crippen molar-refractivity contribution >= 4 is 56.3 Å². The van der Waals surface area contributed by atoms with Gasteiger partial charge >= 0.3 is 5.97 Å². The van der Waals surface area contributed by atoms with E-state index in [1.807, 2.05) is 12.1 Å². The predicted octanol–water partition coefficient (Wildman–Crippen LogP) is 3.91. The molecule has 2 atom stereocenters. The number of ether oxygens (including phenoxy) is 1. The highest BCUT2D eigenvalue weighted by molar-refractivity contribution is 9.10. The first kappa shape index (κ1) is 17.6. The number of rotatable bonds is 4. The summed E-state index contributed by atoms with van der Waals surface area (Å²) in [5, 5.41) is 2.79. The van der Waals surface area contributed by atoms with Gasteiger partial charge < -0.3 is 10.1 Å². The van der Waals surface area contributed by atoms with Crippen molar-refractivity contribution in [2.75, 3.05) is 11.9 Å². The quantitative estimate of drug-likeness (QED) is 0.565. The van der Waals surface area contributed by atoms with Crippen molar-refractivity contribution in [3.8, 4) is 0 Å². The lowest BCUT2D eigenvalue weighted by Gasteiger charge is -2.58. The van der Waals surface area contributed by atoms with Crippen LogP contribution in [0.1, 0.15) is 38.5 Å². The maximum absolute atomic E-state index is 12.9. The summed E-state index contributed by atoms with van der Waals surface area (Å²) in [6.07, 6.45) is 6.18. The number of aromatic nitrogens is 2. The van der Waals surface area contributed by atoms with Gasteiger partial charge in [-0.3, -0.25) is 9.59 Å². The van der Waals surface area contributed by atoms with Crippen LogP contribution in [0.5, 0.6) is 0 Å². The number of alkyl halides is 1. The number of amides is 1. The number of anilines is 1. The zero-order valence-electron chi connectivity index (χ0n) is 14.7. The molecule has 2 aromatic rings. The van der Waals surface area contributed by atoms with E-state index < -0.39 is 5.41 Å². The van der Waals surface area contributed by atoms with Crippen LogP contribution in [0.15, 0.2) is 18.2 Å². The summed E-state index contributed by atoms with van der Waals surface area (Å²) in [6.45, 7) is -0.265. The number of nitrogens with one attached hydrogen (secondary N) is 1. The van der Waals surface area contributed by atoms with E-state index in [1.54, 1.807) is 6.07 Å². The van der Waals surface area contributed by atoms with Gasteiger partial charge in [0.1, 0.15) is 11.0 Å². The van der Waals surface area contributed by atoms with Gasteiger partial charge in [-0.25, -0.2) is 0 Å². The number of carbonyl (C=O) groups is 2. The first-order chi connectivity index (χ1) is 12.9. The monoisotopic (exact) mass is 449 g/mol. The summed E-state index contributed by atoms with van der Waals surface area (Å²) >= 11 is 5.01. The van der Waals surface area contributed by atoms with Gasteiger partial charge in [0.25, 0.3) is 5.91 Å². The third-order valence-electron chi connectivity index (χ3n) is 6.32. The largest absolute Gasteiger partial charge is 0.455 e. The van der Waals surface area contributed by atoms with Crippen LogP contribution in [0.4, 0.5) is 5.69 Å². The van der Waals surface area contributed by atoms with Crippen LogP contribution in [0.3, 0.4) is 0 Å². The summed E-state index contributed by atoms with van der Waals surface area (Å²) in [4.78, 5) is 25.3. The normalized spacial score (nSPS) is 34.0. The van der Waals surface area contributed by atoms with E-state index >= 15 is 0 Å². The van der Waals surface area contributed by atoms with Gasteiger partial charge in [-0.05, 0) is 62.5 Å². The van der Waals surface area contributed by atoms with E-state index in [0.717, 1.165) is 49.3 Å². The smallest absolute Gasteiger partial charge is 0.312 e. The highest BCUT2D eigenvalue weighted by Crippen LogP contribution is 2.64. The Morgan fingerprint density at radius 2 is 2.00 bits per heavy atom. The summed E-state index contributed by atoms with van der Waals surface area (Å²) in [6, 6.07) is 5.44. The maximum atomic E-state index is 12.9. The third-order valence-corrected chi connectivity index (χ3v) is 7.79. The lowest BCUT2D eigenvalue weighted by molar-refractivity contribution is -0.170. The highest BCUT2D eigenvalue weighted by Gasteiger charge is 2.60. The standard InChI is InChI=1S/C19H20BrN3O3S/c20-19-7-11-4-12(8-19)6-18(5-11,10-19)17(25)26-9-15(24)21-13-2-1-3-14-16(13)23-27-22-14/h1-3,11-12H,4-10H2,(H,21,24)/t11-,12-,18?,19?/m1/s1. The summed E-state index contributed by atoms with van der Waals surface area (Å²) in [5.74, 6) is 0.648. The molecule has 0 unspecified atom stereocenters. The SMILES string of the molecule is O=C(COC(=O)C12C[C@H]3C[C@@H](CC(Br)(C3)C1)C2)Nc1cccc2nsnc12. The van der Waals surface area contributed by atoms with E-state index in [1.165, 1.54) is 6.42 Å². The number of carbonyl (C=O) groups excluding carboxylic acids is 2. The molecule has 4 aliphatic carbocycles. The summed E-state index contributed by atoms with van der Waals surface area (Å²) in [5.41, 5.74) is 1.58. The minimum atomic E-state index is -0.410. The third kappa shape index (κ3) is 3.06. The molecule has 1 heterocycles. The molecule has 27 heavy (non-hydrogen) atoms. The summed E-state index contributed by atoms with van der Waals surface area (Å²) in [7, 11) is 0. The van der Waals surface area contributed by atoms with E-state index in [9.17, 15) is 9.59 Å². The number of hydrogen-bond donors (Lipinski definition) is 1. The van der Waals surface area contributed by atoms with E-state index in [0.29, 0.717) is 23.0 Å². The molecule has 0 radical (unpaired) electrons. The molecule has 1 aromatic carbocycles. The van der Waals surface area contributed by atoms with Crippen LogP contribution in [0.2, 0.25) is 0 Å². The number of benzene rings is 1. The van der Waals surface area contributed by atoms with Crippen LogP contribution in [-0.4, -0.2) is 31.6 Å². The average Bonchev–Trinajstić information content (AvgIpc) is 3.07. The zero-order chi connectivity index (χ0) is 18.6. The minimum Gasteiger partial charge on any atom is -0.455 e. The Kier molecular flexibility index (Phi) is 4.05. The molecule has 8 heteroatoms. The Morgan fingerprint density at radius 3 is 2.74 bits per heavy atom. The van der Waals surface area contributed by atoms with Crippen molar-refractivity contribution in [2.45, 2.75) is 42.8 Å². The highest BCUT2D eigenvalue weighted by atomic mass is 79.9. The minimum absolute atomic E-state index is 0.0889. The average molecular weight is 450 g/mol. The predicted molar refractivity (Wildman–Crippen MR) is 106 cm³/mol. The first-order valence-electron chi connectivity index (χ1n) is 9.32. The molecule has 6 nitrogen and oxygen atoms in total. The zero-order valence-corrected chi connectivity index (χ0v) is 17.1. The van der Waals surface area contributed by atoms with Crippen molar-refractivity contribution < 1.29 is 14.3 Å². The van der Waals surface area contributed by atoms with Crippen LogP contribution < -0.4 is 5.32 Å². The second-order valence-corrected chi connectivity index (χ2v) is 10.7. The molecule has 4 aliphatic rings. The maximum Gasteiger partial charge on any atom is 0.312 e. The number of hydrogen-bond acceptors (Lipinski definition) is 6. The number of nitrogens with zero attached hydrogens (tertiary/aromatic N) is 2. The van der Waals surface area contributed by atoms with Gasteiger partial charge in [0.05, 0.1) is 22.8 Å². The van der Waals surface area contributed by atoms with E-state index in [-0.39, 0.29) is 22.8 Å². The number of halogens is 1. The van der Waals surface area contributed by atoms with Crippen molar-refractivity contribution in [3.05, 3.63) is 18.2 Å². The Balaban J connectivity index is 1.24. The van der Waals surface area contributed by atoms with Crippen molar-refractivity contribution in [2.24, 2.45) is 17.3 Å². The molecule has 1 aromatic heterocycles. The molecule has 142 valence electrons. The van der Waals surface area contributed by atoms with Gasteiger partial charge in [-0.15, -0.1) is 0 Å². The van der Waals surface area contributed by atoms with Crippen LogP contribution in [0.25, 0.3) is 11.0 Å². The molecule has 1 N–H and O–H groups in total. The van der Waals surface area contributed by atoms with Gasteiger partial charge in [-0.1, -0.05) is 22.0 Å². The Morgan fingerprint density at radius 1 is 1.22 bits per heavy atom. The second kappa shape index (κ2) is 6.24. The van der Waals surface area contributed by atoms with Gasteiger partial charge in [0.2, 0.25) is 0 Å². The molecule has 0 saturated heterocycles. The molecule has 6 rings (SSSR count). The molecule has 4 fully saturated rings. The Hall–Kier alpha value is -1.54. The van der Waals surface area contributed by atoms with Crippen molar-refractivity contribution in [1.82, 2.24) is 8.75 Å². The van der Waals surface area contributed by atoms with Crippen molar-refractivity contribution in [1.29, 1.82) is 0 Å². The lowest BCUT2D eigenvalue weighted by Crippen LogP contribution is -2.56. The Bertz CT molecular complexity index is 916. The Labute approximate surface area is 169 Å². The number of esters is 1. The first-order valence-corrected chi connectivity index (χ1v) is 10.8. The second-order valence-electron chi connectivity index (χ2n) is 8.45. The van der Waals surface area contributed by atoms with Gasteiger partial charge in [0.15, 0.2) is 6.61 Å². The fourth-order valence-corrected chi connectivity index (χ4v) is 7.77. The van der Waals surface area contributed by atoms with Crippen molar-refractivity contribution in [3.63, 3.8) is 0 Å². The molecule has 0 spiro atoms. The van der Waals surface area contributed by atoms with E-state index in [2.05, 4.69) is 30.0 Å². The molecular weight excluding hydrogens is 430 g/mol. The van der Waals surface area contributed by atoms with Crippen LogP contribution in [0, 0.1) is 17.3 Å². The fraction of sp³-hybridized carbons (Fsp3) is 0.579. The topological polar surface area (TPSA) is 81.2 Å². The van der Waals surface area contributed by atoms with Gasteiger partial charge in [-0.2, -0.15) is 8.75 Å². The molecular formula is C19H20BrN3O3S.